The number of hydrogen-bond donors (Lipinski definition) is 3. The van der Waals surface area contributed by atoms with Crippen molar-refractivity contribution in [2.24, 2.45) is 52.3 Å². The predicted molar refractivity (Wildman–Crippen MR) is 121 cm³/mol. The van der Waals surface area contributed by atoms with Crippen molar-refractivity contribution in [2.75, 3.05) is 0 Å². The molecule has 0 aromatic rings. The number of aliphatic hydroxyl groups is 3. The maximum atomic E-state index is 11.0. The number of carbonyl (C=O) groups excluding carboxylic acids is 1. The minimum Gasteiger partial charge on any atom is -0.550 e. The topological polar surface area (TPSA) is 101 Å². The largest absolute Gasteiger partial charge is 1.00 e. The SMILES string of the molecule is CC(CCC[C@@H](C)[C@H]1CC[C@H]2[C@@H]3CCC4CC(O)(O)C(O)C[C@]4(C)[C@H]3CC[C@]12C)C(=O)[O-].[Na+]. The van der Waals surface area contributed by atoms with Crippen LogP contribution >= 0.6 is 0 Å². The fraction of sp³-hybridized carbons (Fsp3) is 0.963. The Morgan fingerprint density at radius 2 is 1.64 bits per heavy atom. The molecule has 10 atom stereocenters. The molecule has 3 N–H and O–H groups in total. The standard InChI is InChI=1S/C27H46O5.Na/c1-16(6-5-7-17(2)24(29)30)20-10-11-21-19-9-8-18-14-27(31,32)23(28)15-26(18,4)22(19)12-13-25(20,21)3;/h16-23,28,31-32H,5-15H2,1-4H3,(H,29,30);/q;+1/p-1/t16-,17?,18?,19+,20-,21+,22+,23?,25-,26+;/m1./s1. The summed E-state index contributed by atoms with van der Waals surface area (Å²) in [6.45, 7) is 8.99. The summed E-state index contributed by atoms with van der Waals surface area (Å²) < 4.78 is 0. The van der Waals surface area contributed by atoms with E-state index in [1.54, 1.807) is 6.92 Å². The molecule has 184 valence electrons. The molecule has 0 amide bonds. The van der Waals surface area contributed by atoms with Crippen LogP contribution in [0.2, 0.25) is 0 Å². The minimum atomic E-state index is -1.93. The van der Waals surface area contributed by atoms with E-state index in [9.17, 15) is 25.2 Å². The van der Waals surface area contributed by atoms with Gasteiger partial charge in [0.25, 0.3) is 0 Å². The van der Waals surface area contributed by atoms with Gasteiger partial charge in [0.15, 0.2) is 5.79 Å². The smallest absolute Gasteiger partial charge is 0.550 e. The van der Waals surface area contributed by atoms with Crippen molar-refractivity contribution in [3.63, 3.8) is 0 Å². The Kier molecular flexibility index (Phi) is 8.47. The van der Waals surface area contributed by atoms with Crippen molar-refractivity contribution in [1.82, 2.24) is 0 Å². The molecular weight excluding hydrogens is 427 g/mol. The van der Waals surface area contributed by atoms with Gasteiger partial charge in [-0.05, 0) is 104 Å². The van der Waals surface area contributed by atoms with Crippen molar-refractivity contribution < 1.29 is 54.8 Å². The van der Waals surface area contributed by atoms with Gasteiger partial charge >= 0.3 is 29.6 Å². The third-order valence-corrected chi connectivity index (χ3v) is 11.2. The zero-order chi connectivity index (χ0) is 23.5. The predicted octanol–water partition coefficient (Wildman–Crippen LogP) is 0.493. The van der Waals surface area contributed by atoms with E-state index in [1.807, 2.05) is 0 Å². The van der Waals surface area contributed by atoms with Crippen molar-refractivity contribution in [2.45, 2.75) is 110 Å². The van der Waals surface area contributed by atoms with Crippen molar-refractivity contribution in [3.8, 4) is 0 Å². The number of fused-ring (bicyclic) bond motifs is 5. The summed E-state index contributed by atoms with van der Waals surface area (Å²) in [7, 11) is 0. The van der Waals surface area contributed by atoms with E-state index < -0.39 is 17.9 Å². The van der Waals surface area contributed by atoms with Crippen LogP contribution in [0.5, 0.6) is 0 Å². The summed E-state index contributed by atoms with van der Waals surface area (Å²) in [6.07, 6.45) is 9.74. The average Bonchev–Trinajstić information content (AvgIpc) is 3.06. The van der Waals surface area contributed by atoms with Crippen LogP contribution in [0.3, 0.4) is 0 Å². The zero-order valence-corrected chi connectivity index (χ0v) is 23.6. The molecule has 4 rings (SSSR count). The van der Waals surface area contributed by atoms with Gasteiger partial charge in [-0.2, -0.15) is 0 Å². The number of carboxylic acids is 1. The Bertz CT molecular complexity index is 713. The Morgan fingerprint density at radius 1 is 0.970 bits per heavy atom. The molecule has 0 aliphatic heterocycles. The molecule has 5 nitrogen and oxygen atoms in total. The van der Waals surface area contributed by atoms with Crippen LogP contribution in [0, 0.1) is 52.3 Å². The van der Waals surface area contributed by atoms with E-state index in [4.69, 9.17) is 0 Å². The fourth-order valence-electron chi connectivity index (χ4n) is 9.31. The summed E-state index contributed by atoms with van der Waals surface area (Å²) in [6, 6.07) is 0. The van der Waals surface area contributed by atoms with Crippen molar-refractivity contribution >= 4 is 5.97 Å². The number of hydrogen-bond acceptors (Lipinski definition) is 5. The van der Waals surface area contributed by atoms with Crippen molar-refractivity contribution in [3.05, 3.63) is 0 Å². The van der Waals surface area contributed by atoms with Crippen LogP contribution < -0.4 is 34.7 Å². The Balaban J connectivity index is 0.00000306. The Labute approximate surface area is 222 Å². The number of carbonyl (C=O) groups is 1. The molecule has 0 aromatic heterocycles. The summed E-state index contributed by atoms with van der Waals surface area (Å²) >= 11 is 0. The molecule has 0 spiro atoms. The second-order valence-electron chi connectivity index (χ2n) is 12.8. The van der Waals surface area contributed by atoms with E-state index in [2.05, 4.69) is 20.8 Å². The van der Waals surface area contributed by atoms with Crippen LogP contribution in [-0.2, 0) is 4.79 Å². The van der Waals surface area contributed by atoms with Crippen LogP contribution in [0.4, 0.5) is 0 Å². The summed E-state index contributed by atoms with van der Waals surface area (Å²) in [5, 5.41) is 42.1. The van der Waals surface area contributed by atoms with E-state index in [1.165, 1.54) is 32.1 Å². The molecule has 4 saturated carbocycles. The maximum absolute atomic E-state index is 11.0. The number of aliphatic carboxylic acids is 1. The first-order chi connectivity index (χ1) is 14.9. The molecule has 6 heteroatoms. The molecule has 4 aliphatic carbocycles. The van der Waals surface area contributed by atoms with Gasteiger partial charge < -0.3 is 25.2 Å². The number of carboxylic acid groups (broad SMARTS) is 1. The molecule has 0 radical (unpaired) electrons. The summed E-state index contributed by atoms with van der Waals surface area (Å²) in [5.41, 5.74) is 0.359. The molecule has 0 heterocycles. The van der Waals surface area contributed by atoms with Gasteiger partial charge in [-0.25, -0.2) is 0 Å². The molecule has 0 aromatic carbocycles. The van der Waals surface area contributed by atoms with Gasteiger partial charge in [0.1, 0.15) is 6.10 Å². The second-order valence-corrected chi connectivity index (χ2v) is 12.8. The van der Waals surface area contributed by atoms with Crippen LogP contribution in [0.1, 0.15) is 98.3 Å². The van der Waals surface area contributed by atoms with E-state index in [0.29, 0.717) is 48.3 Å². The quantitative estimate of drug-likeness (QED) is 0.386. The normalized spacial score (nSPS) is 45.7. The fourth-order valence-corrected chi connectivity index (χ4v) is 9.31. The third kappa shape index (κ3) is 4.85. The monoisotopic (exact) mass is 472 g/mol. The first-order valence-corrected chi connectivity index (χ1v) is 13.2. The van der Waals surface area contributed by atoms with Gasteiger partial charge in [0.2, 0.25) is 0 Å². The Hall–Kier alpha value is 0.350. The molecule has 33 heavy (non-hydrogen) atoms. The van der Waals surface area contributed by atoms with Crippen LogP contribution in [-0.4, -0.2) is 33.2 Å². The van der Waals surface area contributed by atoms with Crippen LogP contribution in [0.25, 0.3) is 0 Å². The molecule has 4 aliphatic rings. The first kappa shape index (κ1) is 27.9. The molecule has 0 saturated heterocycles. The Morgan fingerprint density at radius 3 is 2.30 bits per heavy atom. The number of rotatable bonds is 6. The van der Waals surface area contributed by atoms with Gasteiger partial charge in [-0.3, -0.25) is 0 Å². The van der Waals surface area contributed by atoms with Gasteiger partial charge in [-0.1, -0.05) is 40.5 Å². The zero-order valence-electron chi connectivity index (χ0n) is 21.6. The second kappa shape index (κ2) is 10.0. The van der Waals surface area contributed by atoms with E-state index >= 15 is 0 Å². The van der Waals surface area contributed by atoms with Crippen molar-refractivity contribution in [1.29, 1.82) is 0 Å². The number of aliphatic hydroxyl groups excluding tert-OH is 1. The van der Waals surface area contributed by atoms with Gasteiger partial charge in [0.05, 0.1) is 0 Å². The van der Waals surface area contributed by atoms with E-state index in [0.717, 1.165) is 25.2 Å². The average molecular weight is 473 g/mol. The van der Waals surface area contributed by atoms with Gasteiger partial charge in [-0.15, -0.1) is 0 Å². The third-order valence-electron chi connectivity index (χ3n) is 11.2. The molecule has 4 fully saturated rings. The van der Waals surface area contributed by atoms with Gasteiger partial charge in [0, 0.05) is 12.4 Å². The molecule has 3 unspecified atom stereocenters. The van der Waals surface area contributed by atoms with E-state index in [-0.39, 0.29) is 46.8 Å². The molecular formula is C27H45NaO5. The van der Waals surface area contributed by atoms with Crippen LogP contribution in [0.15, 0.2) is 0 Å². The molecule has 0 bridgehead atoms. The minimum absolute atomic E-state index is 0. The maximum Gasteiger partial charge on any atom is 1.00 e. The summed E-state index contributed by atoms with van der Waals surface area (Å²) in [5.74, 6) is 0.366. The first-order valence-electron chi connectivity index (χ1n) is 13.2. The summed E-state index contributed by atoms with van der Waals surface area (Å²) in [4.78, 5) is 11.0.